The molecule has 1 aliphatic rings. The summed E-state index contributed by atoms with van der Waals surface area (Å²) in [5.74, 6) is 0. The van der Waals surface area contributed by atoms with Gasteiger partial charge in [-0.25, -0.2) is 0 Å². The summed E-state index contributed by atoms with van der Waals surface area (Å²) in [5.41, 5.74) is 0. The zero-order chi connectivity index (χ0) is 6.85. The van der Waals surface area contributed by atoms with Gasteiger partial charge in [0.1, 0.15) is 6.23 Å². The molecule has 0 spiro atoms. The largest absolute Gasteiger partial charge is 0.362 e. The van der Waals surface area contributed by atoms with E-state index in [1.54, 1.807) is 0 Å². The second kappa shape index (κ2) is 2.67. The quantitative estimate of drug-likeness (QED) is 0.525. The summed E-state index contributed by atoms with van der Waals surface area (Å²) in [6.07, 6.45) is 0.338. The zero-order valence-corrected chi connectivity index (χ0v) is 6.42. The van der Waals surface area contributed by atoms with Gasteiger partial charge in [0.15, 0.2) is 0 Å². The highest BCUT2D eigenvalue weighted by molar-refractivity contribution is 4.68. The average molecular weight is 129 g/mol. The van der Waals surface area contributed by atoms with Gasteiger partial charge in [0, 0.05) is 12.6 Å². The molecule has 0 amide bonds. The van der Waals surface area contributed by atoms with Gasteiger partial charge >= 0.3 is 0 Å². The molecule has 1 saturated heterocycles. The van der Waals surface area contributed by atoms with E-state index in [9.17, 15) is 0 Å². The maximum absolute atomic E-state index is 5.35. The Morgan fingerprint density at radius 2 is 2.22 bits per heavy atom. The molecular formula is C7H15NO. The van der Waals surface area contributed by atoms with E-state index in [1.807, 2.05) is 0 Å². The summed E-state index contributed by atoms with van der Waals surface area (Å²) in [4.78, 5) is 2.35. The molecule has 2 heteroatoms. The molecule has 0 aromatic heterocycles. The highest BCUT2D eigenvalue weighted by atomic mass is 16.5. The lowest BCUT2D eigenvalue weighted by Crippen LogP contribution is -2.33. The van der Waals surface area contributed by atoms with E-state index in [-0.39, 0.29) is 0 Å². The third-order valence-corrected chi connectivity index (χ3v) is 1.84. The van der Waals surface area contributed by atoms with Gasteiger partial charge in [-0.3, -0.25) is 4.90 Å². The highest BCUT2D eigenvalue weighted by Crippen LogP contribution is 2.11. The lowest BCUT2D eigenvalue weighted by atomic mass is 10.3. The predicted molar refractivity (Wildman–Crippen MR) is 37.3 cm³/mol. The number of hydrogen-bond acceptors (Lipinski definition) is 2. The fourth-order valence-electron chi connectivity index (χ4n) is 1.28. The van der Waals surface area contributed by atoms with Crippen molar-refractivity contribution in [3.8, 4) is 0 Å². The van der Waals surface area contributed by atoms with E-state index in [0.717, 1.165) is 13.2 Å². The van der Waals surface area contributed by atoms with Crippen LogP contribution in [-0.4, -0.2) is 30.3 Å². The molecule has 0 aromatic carbocycles. The number of hydrogen-bond donors (Lipinski definition) is 0. The van der Waals surface area contributed by atoms with Gasteiger partial charge in [-0.05, 0) is 20.8 Å². The second-order valence-corrected chi connectivity index (χ2v) is 2.80. The van der Waals surface area contributed by atoms with Gasteiger partial charge in [0.05, 0.1) is 6.61 Å². The van der Waals surface area contributed by atoms with Crippen LogP contribution in [-0.2, 0) is 4.74 Å². The average Bonchev–Trinajstić information content (AvgIpc) is 2.13. The summed E-state index contributed by atoms with van der Waals surface area (Å²) in [5, 5.41) is 0. The molecule has 0 N–H and O–H groups in total. The molecule has 2 nitrogen and oxygen atoms in total. The summed E-state index contributed by atoms with van der Waals surface area (Å²) in [6.45, 7) is 8.50. The van der Waals surface area contributed by atoms with Crippen LogP contribution in [0.5, 0.6) is 0 Å². The molecule has 0 unspecified atom stereocenters. The van der Waals surface area contributed by atoms with Crippen LogP contribution < -0.4 is 0 Å². The van der Waals surface area contributed by atoms with Crippen molar-refractivity contribution in [3.63, 3.8) is 0 Å². The number of nitrogens with zero attached hydrogens (tertiary/aromatic N) is 1. The fourth-order valence-corrected chi connectivity index (χ4v) is 1.28. The van der Waals surface area contributed by atoms with Gasteiger partial charge in [-0.1, -0.05) is 0 Å². The molecule has 1 fully saturated rings. The van der Waals surface area contributed by atoms with E-state index in [0.29, 0.717) is 12.3 Å². The van der Waals surface area contributed by atoms with Crippen LogP contribution in [0.1, 0.15) is 20.8 Å². The molecule has 0 aliphatic carbocycles. The molecular weight excluding hydrogens is 114 g/mol. The lowest BCUT2D eigenvalue weighted by Gasteiger charge is -2.22. The summed E-state index contributed by atoms with van der Waals surface area (Å²) >= 11 is 0. The Kier molecular flexibility index (Phi) is 2.09. The van der Waals surface area contributed by atoms with Gasteiger partial charge in [-0.15, -0.1) is 0 Å². The Morgan fingerprint density at radius 1 is 1.56 bits per heavy atom. The third-order valence-electron chi connectivity index (χ3n) is 1.84. The molecule has 1 heterocycles. The topological polar surface area (TPSA) is 12.5 Å². The number of ether oxygens (including phenoxy) is 1. The van der Waals surface area contributed by atoms with Crippen LogP contribution in [0, 0.1) is 0 Å². The first-order valence-electron chi connectivity index (χ1n) is 3.59. The molecule has 1 atom stereocenters. The smallest absolute Gasteiger partial charge is 0.108 e. The minimum absolute atomic E-state index is 0.338. The van der Waals surface area contributed by atoms with Crippen molar-refractivity contribution in [1.29, 1.82) is 0 Å². The Hall–Kier alpha value is -0.0800. The molecule has 9 heavy (non-hydrogen) atoms. The Labute approximate surface area is 56.8 Å². The molecule has 1 rings (SSSR count). The van der Waals surface area contributed by atoms with Crippen molar-refractivity contribution in [2.24, 2.45) is 0 Å². The first kappa shape index (κ1) is 7.03. The van der Waals surface area contributed by atoms with E-state index in [2.05, 4.69) is 25.7 Å². The Balaban J connectivity index is 2.40. The first-order chi connectivity index (χ1) is 4.22. The first-order valence-corrected chi connectivity index (χ1v) is 3.59. The normalized spacial score (nSPS) is 30.0. The summed E-state index contributed by atoms with van der Waals surface area (Å²) in [6, 6.07) is 0.627. The van der Waals surface area contributed by atoms with Crippen molar-refractivity contribution in [3.05, 3.63) is 0 Å². The van der Waals surface area contributed by atoms with Crippen LogP contribution in [0.3, 0.4) is 0 Å². The Morgan fingerprint density at radius 3 is 2.44 bits per heavy atom. The maximum Gasteiger partial charge on any atom is 0.108 e. The fraction of sp³-hybridized carbons (Fsp3) is 1.00. The van der Waals surface area contributed by atoms with Crippen LogP contribution in [0.15, 0.2) is 0 Å². The minimum atomic E-state index is 0.338. The molecule has 1 aliphatic heterocycles. The molecule has 54 valence electrons. The highest BCUT2D eigenvalue weighted by Gasteiger charge is 2.22. The van der Waals surface area contributed by atoms with Gasteiger partial charge in [0.2, 0.25) is 0 Å². The van der Waals surface area contributed by atoms with Crippen molar-refractivity contribution < 1.29 is 4.74 Å². The third kappa shape index (κ3) is 1.43. The Bertz CT molecular complexity index is 92.9. The minimum Gasteiger partial charge on any atom is -0.362 e. The van der Waals surface area contributed by atoms with Gasteiger partial charge < -0.3 is 4.74 Å². The van der Waals surface area contributed by atoms with Gasteiger partial charge in [-0.2, -0.15) is 0 Å². The maximum atomic E-state index is 5.35. The molecule has 0 radical (unpaired) electrons. The standard InChI is InChI=1S/C7H15NO/c1-6(2)8-4-5-9-7(8)3/h6-7H,4-5H2,1-3H3/t7-/m0/s1. The predicted octanol–water partition coefficient (Wildman–Crippen LogP) is 1.07. The summed E-state index contributed by atoms with van der Waals surface area (Å²) in [7, 11) is 0. The van der Waals surface area contributed by atoms with Crippen LogP contribution in [0.25, 0.3) is 0 Å². The zero-order valence-electron chi connectivity index (χ0n) is 6.42. The van der Waals surface area contributed by atoms with E-state index in [4.69, 9.17) is 4.74 Å². The van der Waals surface area contributed by atoms with Crippen molar-refractivity contribution in [2.75, 3.05) is 13.2 Å². The van der Waals surface area contributed by atoms with Crippen molar-refractivity contribution in [1.82, 2.24) is 4.90 Å². The van der Waals surface area contributed by atoms with Crippen molar-refractivity contribution >= 4 is 0 Å². The SMILES string of the molecule is CC(C)N1CCO[C@H]1C. The monoisotopic (exact) mass is 129 g/mol. The van der Waals surface area contributed by atoms with Gasteiger partial charge in [0.25, 0.3) is 0 Å². The van der Waals surface area contributed by atoms with Crippen LogP contribution in [0.4, 0.5) is 0 Å². The second-order valence-electron chi connectivity index (χ2n) is 2.80. The van der Waals surface area contributed by atoms with Crippen LogP contribution in [0.2, 0.25) is 0 Å². The van der Waals surface area contributed by atoms with Crippen molar-refractivity contribution in [2.45, 2.75) is 33.0 Å². The number of rotatable bonds is 1. The summed E-state index contributed by atoms with van der Waals surface area (Å²) < 4.78 is 5.35. The van der Waals surface area contributed by atoms with Crippen LogP contribution >= 0.6 is 0 Å². The lowest BCUT2D eigenvalue weighted by molar-refractivity contribution is 0.0350. The van der Waals surface area contributed by atoms with E-state index >= 15 is 0 Å². The molecule has 0 bridgehead atoms. The van der Waals surface area contributed by atoms with E-state index < -0.39 is 0 Å². The molecule has 0 saturated carbocycles. The van der Waals surface area contributed by atoms with E-state index in [1.165, 1.54) is 0 Å². The molecule has 0 aromatic rings.